The first-order chi connectivity index (χ1) is 19.3. The number of epoxide rings is 1. The van der Waals surface area contributed by atoms with E-state index in [2.05, 4.69) is 5.32 Å². The van der Waals surface area contributed by atoms with Crippen molar-refractivity contribution >= 4 is 29.3 Å². The van der Waals surface area contributed by atoms with Crippen LogP contribution >= 0.6 is 11.6 Å². The molecule has 9 nitrogen and oxygen atoms in total. The Balaban J connectivity index is 0.00000226. The zero-order valence-electron chi connectivity index (χ0n) is 25.6. The minimum Gasteiger partial charge on any atom is -0.495 e. The molecule has 41 heavy (non-hydrogen) atoms. The third-order valence-corrected chi connectivity index (χ3v) is 8.79. The van der Waals surface area contributed by atoms with Gasteiger partial charge in [0.15, 0.2) is 5.72 Å². The second-order valence-corrected chi connectivity index (χ2v) is 11.6. The van der Waals surface area contributed by atoms with Crippen LogP contribution in [0.4, 0.5) is 10.5 Å². The average molecular weight is 593 g/mol. The number of rotatable bonds is 2. The van der Waals surface area contributed by atoms with Crippen molar-refractivity contribution in [1.29, 1.82) is 0 Å². The van der Waals surface area contributed by atoms with Gasteiger partial charge in [0.2, 0.25) is 5.91 Å². The summed E-state index contributed by atoms with van der Waals surface area (Å²) in [6.45, 7) is 11.9. The van der Waals surface area contributed by atoms with Crippen LogP contribution in [0.15, 0.2) is 35.9 Å². The largest absolute Gasteiger partial charge is 0.495 e. The Bertz CT molecular complexity index is 1190. The number of amides is 2. The molecule has 228 valence electrons. The Labute approximate surface area is 248 Å². The molecule has 0 saturated carbocycles. The van der Waals surface area contributed by atoms with E-state index in [0.29, 0.717) is 22.9 Å². The van der Waals surface area contributed by atoms with Gasteiger partial charge in [-0.2, -0.15) is 0 Å². The van der Waals surface area contributed by atoms with Gasteiger partial charge in [-0.25, -0.2) is 4.79 Å². The highest BCUT2D eigenvalue weighted by Gasteiger charge is 2.61. The van der Waals surface area contributed by atoms with Gasteiger partial charge in [0.1, 0.15) is 23.0 Å². The van der Waals surface area contributed by atoms with E-state index < -0.39 is 29.6 Å². The molecule has 10 heteroatoms. The number of nitrogens with zero attached hydrogens (tertiary/aromatic N) is 1. The van der Waals surface area contributed by atoms with E-state index in [-0.39, 0.29) is 36.7 Å². The number of hydrogen-bond acceptors (Lipinski definition) is 7. The van der Waals surface area contributed by atoms with Crippen LogP contribution in [0.5, 0.6) is 5.75 Å². The number of nitrogens with one attached hydrogen (secondary N) is 1. The zero-order chi connectivity index (χ0) is 30.7. The summed E-state index contributed by atoms with van der Waals surface area (Å²) in [5.41, 5.74) is 0.241. The van der Waals surface area contributed by atoms with Gasteiger partial charge in [0.25, 0.3) is 0 Å². The lowest BCUT2D eigenvalue weighted by molar-refractivity contribution is -0.142. The van der Waals surface area contributed by atoms with Gasteiger partial charge in [0.05, 0.1) is 24.5 Å². The summed E-state index contributed by atoms with van der Waals surface area (Å²) in [6, 6.07) is 3.76. The third kappa shape index (κ3) is 6.91. The van der Waals surface area contributed by atoms with Crippen LogP contribution in [-0.4, -0.2) is 68.0 Å². The summed E-state index contributed by atoms with van der Waals surface area (Å²) in [4.78, 5) is 27.5. The first-order valence-corrected chi connectivity index (χ1v) is 14.6. The number of carbonyl (C=O) groups is 2. The second kappa shape index (κ2) is 13.2. The van der Waals surface area contributed by atoms with Crippen molar-refractivity contribution in [3.8, 4) is 5.75 Å². The van der Waals surface area contributed by atoms with E-state index in [0.717, 1.165) is 11.1 Å². The minimum atomic E-state index is -1.67. The van der Waals surface area contributed by atoms with E-state index >= 15 is 0 Å². The number of aliphatic hydroxyl groups is 1. The average Bonchev–Trinajstić information content (AvgIpc) is 3.63. The predicted octanol–water partition coefficient (Wildman–Crippen LogP) is 5.42. The van der Waals surface area contributed by atoms with Crippen molar-refractivity contribution in [3.05, 3.63) is 46.5 Å². The Morgan fingerprint density at radius 1 is 1.20 bits per heavy atom. The van der Waals surface area contributed by atoms with Crippen LogP contribution in [-0.2, 0) is 25.4 Å². The Hall–Kier alpha value is -2.59. The predicted molar refractivity (Wildman–Crippen MR) is 159 cm³/mol. The standard InChI is InChI=1S/C29H39ClN2O7.C2H6/c1-16-9-8-10-23(37-7)29(35)15-22(38-27(34)31-29)18(3)26-28(4,39-26)17(2)12-24(33)32(5)20-13-19(11-16)14-21(36-6)25(20)30;1-2/h8-10,13-14,17-18,22-23,26,35H,11-12,15H2,1-7H3,(H,31,34);1-2H3/b10-8+,16-9+;. The maximum absolute atomic E-state index is 13.4. The topological polar surface area (TPSA) is 110 Å². The zero-order valence-corrected chi connectivity index (χ0v) is 26.4. The van der Waals surface area contributed by atoms with Crippen molar-refractivity contribution in [2.45, 2.75) is 90.4 Å². The maximum Gasteiger partial charge on any atom is 0.409 e. The maximum atomic E-state index is 13.4. The highest BCUT2D eigenvalue weighted by atomic mass is 35.5. The molecule has 0 aromatic heterocycles. The number of anilines is 1. The number of carbonyl (C=O) groups excluding carboxylic acids is 2. The Morgan fingerprint density at radius 2 is 1.88 bits per heavy atom. The Morgan fingerprint density at radius 3 is 2.51 bits per heavy atom. The van der Waals surface area contributed by atoms with Crippen LogP contribution in [0, 0.1) is 11.8 Å². The summed E-state index contributed by atoms with van der Waals surface area (Å²) in [5, 5.41) is 14.4. The van der Waals surface area contributed by atoms with E-state index in [1.807, 2.05) is 59.8 Å². The molecule has 0 aliphatic carbocycles. The van der Waals surface area contributed by atoms with Gasteiger partial charge in [-0.15, -0.1) is 0 Å². The van der Waals surface area contributed by atoms with Crippen LogP contribution in [0.2, 0.25) is 5.02 Å². The van der Waals surface area contributed by atoms with E-state index in [1.165, 1.54) is 7.11 Å². The normalized spacial score (nSPS) is 35.9. The summed E-state index contributed by atoms with van der Waals surface area (Å²) in [7, 11) is 4.74. The van der Waals surface area contributed by atoms with Crippen molar-refractivity contribution in [2.75, 3.05) is 26.2 Å². The molecule has 3 aliphatic heterocycles. The molecule has 4 bridgehead atoms. The lowest BCUT2D eigenvalue weighted by atomic mass is 9.81. The number of hydrogen-bond donors (Lipinski definition) is 2. The molecule has 0 spiro atoms. The molecule has 0 radical (unpaired) electrons. The van der Waals surface area contributed by atoms with Crippen LogP contribution in [0.3, 0.4) is 0 Å². The number of allylic oxidation sites excluding steroid dienone is 3. The minimum absolute atomic E-state index is 0.106. The lowest BCUT2D eigenvalue weighted by Gasteiger charge is -2.42. The van der Waals surface area contributed by atoms with E-state index in [4.69, 9.17) is 30.5 Å². The van der Waals surface area contributed by atoms with Gasteiger partial charge in [0, 0.05) is 32.9 Å². The molecule has 2 fully saturated rings. The van der Waals surface area contributed by atoms with Crippen molar-refractivity contribution in [1.82, 2.24) is 5.32 Å². The van der Waals surface area contributed by atoms with Crippen LogP contribution < -0.4 is 15.0 Å². The van der Waals surface area contributed by atoms with Gasteiger partial charge in [-0.05, 0) is 43.9 Å². The fourth-order valence-corrected chi connectivity index (χ4v) is 6.00. The number of ether oxygens (including phenoxy) is 4. The molecule has 2 saturated heterocycles. The summed E-state index contributed by atoms with van der Waals surface area (Å²) >= 11 is 6.64. The number of benzene rings is 1. The summed E-state index contributed by atoms with van der Waals surface area (Å²) in [5.74, 6) is 0.0125. The fraction of sp³-hybridized carbons (Fsp3) is 0.613. The SMILES string of the molecule is CC.COc1cc2cc(c1Cl)N(C)C(=O)CC(C)C1(C)OC1C(C)C1CC(O)(NC(=O)O1)C(OC)/C=C/C=C(\C)C2. The molecule has 4 rings (SSSR count). The Kier molecular flexibility index (Phi) is 10.6. The van der Waals surface area contributed by atoms with E-state index in [9.17, 15) is 14.7 Å². The molecule has 2 N–H and O–H groups in total. The molecule has 1 aromatic carbocycles. The van der Waals surface area contributed by atoms with Gasteiger partial charge in [-0.3, -0.25) is 10.1 Å². The van der Waals surface area contributed by atoms with Gasteiger partial charge < -0.3 is 29.0 Å². The van der Waals surface area contributed by atoms with Crippen LogP contribution in [0.1, 0.15) is 59.9 Å². The monoisotopic (exact) mass is 592 g/mol. The molecule has 3 heterocycles. The molecule has 7 unspecified atom stereocenters. The molecule has 3 aliphatic rings. The second-order valence-electron chi connectivity index (χ2n) is 11.2. The van der Waals surface area contributed by atoms with Crippen LogP contribution in [0.25, 0.3) is 0 Å². The highest BCUT2D eigenvalue weighted by Crippen LogP contribution is 2.50. The smallest absolute Gasteiger partial charge is 0.409 e. The van der Waals surface area contributed by atoms with Gasteiger partial charge in [-0.1, -0.05) is 63.1 Å². The molecule has 7 atom stereocenters. The first kappa shape index (κ1) is 32.9. The van der Waals surface area contributed by atoms with Crippen molar-refractivity contribution in [2.24, 2.45) is 11.8 Å². The first-order valence-electron chi connectivity index (χ1n) is 14.2. The molecular weight excluding hydrogens is 548 g/mol. The quantitative estimate of drug-likeness (QED) is 0.441. The summed E-state index contributed by atoms with van der Waals surface area (Å²) in [6.07, 6.45) is 3.92. The highest BCUT2D eigenvalue weighted by molar-refractivity contribution is 6.35. The van der Waals surface area contributed by atoms with Gasteiger partial charge >= 0.3 is 6.09 Å². The lowest BCUT2D eigenvalue weighted by Crippen LogP contribution is -2.63. The number of alkyl carbamates (subject to hydrolysis) is 1. The van der Waals surface area contributed by atoms with Crippen molar-refractivity contribution < 1.29 is 33.6 Å². The molecule has 1 aromatic rings. The van der Waals surface area contributed by atoms with E-state index in [1.54, 1.807) is 31.2 Å². The number of methoxy groups -OCH3 is 2. The number of halogens is 1. The molecule has 2 amide bonds. The fourth-order valence-electron chi connectivity index (χ4n) is 5.69. The molecular formula is C31H45ClN2O7. The number of fused-ring (bicyclic) bond motifs is 5. The third-order valence-electron chi connectivity index (χ3n) is 8.41. The van der Waals surface area contributed by atoms with Crippen molar-refractivity contribution in [3.63, 3.8) is 0 Å². The summed E-state index contributed by atoms with van der Waals surface area (Å²) < 4.78 is 22.9.